The van der Waals surface area contributed by atoms with Crippen LogP contribution in [0, 0.1) is 38.5 Å². The molecule has 160 valence electrons. The molecule has 11 heteroatoms. The number of nitro benzene ring substituents is 2. The van der Waals surface area contributed by atoms with Gasteiger partial charge in [0.2, 0.25) is 0 Å². The van der Waals surface area contributed by atoms with E-state index in [0.717, 1.165) is 6.08 Å². The van der Waals surface area contributed by atoms with Crippen LogP contribution in [-0.2, 0) is 4.79 Å². The van der Waals surface area contributed by atoms with Gasteiger partial charge in [-0.1, -0.05) is 17.7 Å². The van der Waals surface area contributed by atoms with Crippen molar-refractivity contribution in [3.05, 3.63) is 90.7 Å². The number of carbonyl (C=O) groups is 1. The molecule has 2 aromatic carbocycles. The number of benzene rings is 2. The molecule has 32 heavy (non-hydrogen) atoms. The molecule has 0 aliphatic rings. The van der Waals surface area contributed by atoms with Gasteiger partial charge in [-0.2, -0.15) is 5.26 Å². The number of non-ortho nitro benzene ring substituents is 1. The molecule has 0 radical (unpaired) electrons. The van der Waals surface area contributed by atoms with Crippen molar-refractivity contribution in [2.24, 2.45) is 0 Å². The largest absolute Gasteiger partial charge is 0.457 e. The van der Waals surface area contributed by atoms with Gasteiger partial charge in [0.25, 0.3) is 17.3 Å². The predicted molar refractivity (Wildman–Crippen MR) is 116 cm³/mol. The lowest BCUT2D eigenvalue weighted by Crippen LogP contribution is -2.14. The summed E-state index contributed by atoms with van der Waals surface area (Å²) in [5.41, 5.74) is 0.136. The molecule has 0 atom stereocenters. The molecule has 10 nitrogen and oxygen atoms in total. The molecule has 0 bridgehead atoms. The molecule has 3 rings (SSSR count). The second-order valence-corrected chi connectivity index (χ2v) is 6.93. The van der Waals surface area contributed by atoms with Crippen LogP contribution in [0.25, 0.3) is 17.4 Å². The molecule has 3 aromatic rings. The highest BCUT2D eigenvalue weighted by Gasteiger charge is 2.19. The Balaban J connectivity index is 1.86. The number of nitriles is 1. The highest BCUT2D eigenvalue weighted by Crippen LogP contribution is 2.33. The topological polar surface area (TPSA) is 152 Å². The predicted octanol–water partition coefficient (Wildman–Crippen LogP) is 5.27. The molecular formula is C21H13ClN4O6. The summed E-state index contributed by atoms with van der Waals surface area (Å²) >= 11 is 6.09. The van der Waals surface area contributed by atoms with Crippen molar-refractivity contribution in [1.29, 1.82) is 5.26 Å². The molecule has 1 aromatic heterocycles. The zero-order valence-corrected chi connectivity index (χ0v) is 17.1. The first-order valence-electron chi connectivity index (χ1n) is 8.92. The van der Waals surface area contributed by atoms with Crippen molar-refractivity contribution in [3.63, 3.8) is 0 Å². The van der Waals surface area contributed by atoms with Crippen molar-refractivity contribution in [2.75, 3.05) is 5.32 Å². The maximum Gasteiger partial charge on any atom is 0.293 e. The second-order valence-electron chi connectivity index (χ2n) is 6.52. The second kappa shape index (κ2) is 9.11. The molecule has 0 unspecified atom stereocenters. The number of amides is 1. The van der Waals surface area contributed by atoms with E-state index in [2.05, 4.69) is 5.32 Å². The maximum atomic E-state index is 12.5. The third-order valence-corrected chi connectivity index (χ3v) is 4.62. The number of nitro groups is 2. The third-order valence-electron chi connectivity index (χ3n) is 4.31. The Morgan fingerprint density at radius 1 is 1.12 bits per heavy atom. The number of nitrogens with one attached hydrogen (secondary N) is 1. The van der Waals surface area contributed by atoms with Gasteiger partial charge in [0.1, 0.15) is 28.9 Å². The molecule has 0 aliphatic carbocycles. The number of rotatable bonds is 6. The summed E-state index contributed by atoms with van der Waals surface area (Å²) in [5, 5.41) is 33.9. The van der Waals surface area contributed by atoms with Gasteiger partial charge in [0.15, 0.2) is 0 Å². The van der Waals surface area contributed by atoms with E-state index in [0.29, 0.717) is 11.1 Å². The summed E-state index contributed by atoms with van der Waals surface area (Å²) in [5.74, 6) is -0.451. The maximum absolute atomic E-state index is 12.5. The van der Waals surface area contributed by atoms with Crippen LogP contribution in [0.3, 0.4) is 0 Å². The van der Waals surface area contributed by atoms with Gasteiger partial charge in [0.05, 0.1) is 14.9 Å². The summed E-state index contributed by atoms with van der Waals surface area (Å²) in [6, 6.07) is 12.9. The van der Waals surface area contributed by atoms with E-state index in [1.165, 1.54) is 42.5 Å². The van der Waals surface area contributed by atoms with Crippen LogP contribution in [0.1, 0.15) is 11.3 Å². The summed E-state index contributed by atoms with van der Waals surface area (Å²) in [6.07, 6.45) is 1.16. The van der Waals surface area contributed by atoms with Gasteiger partial charge in [-0.3, -0.25) is 25.0 Å². The van der Waals surface area contributed by atoms with Crippen LogP contribution in [0.15, 0.2) is 58.5 Å². The minimum absolute atomic E-state index is 0.0513. The van der Waals surface area contributed by atoms with Crippen LogP contribution >= 0.6 is 11.6 Å². The summed E-state index contributed by atoms with van der Waals surface area (Å²) in [6.45, 7) is 1.67. The molecule has 1 heterocycles. The summed E-state index contributed by atoms with van der Waals surface area (Å²) in [7, 11) is 0. The van der Waals surface area contributed by atoms with Gasteiger partial charge in [-0.15, -0.1) is 0 Å². The number of hydrogen-bond acceptors (Lipinski definition) is 7. The fraction of sp³-hybridized carbons (Fsp3) is 0.0476. The Kier molecular flexibility index (Phi) is 6.32. The van der Waals surface area contributed by atoms with E-state index in [4.69, 9.17) is 16.0 Å². The standard InChI is InChI=1S/C21H13ClN4O6/c1-12-2-6-18(19(8-12)26(30)31)24-21(27)13(11-23)9-15-4-7-20(32-15)16-5-3-14(25(28)29)10-17(16)22/h2-10H,1H3,(H,24,27)/b13-9+. The van der Waals surface area contributed by atoms with E-state index in [1.54, 1.807) is 19.1 Å². The number of carbonyl (C=O) groups excluding carboxylic acids is 1. The van der Waals surface area contributed by atoms with Crippen LogP contribution < -0.4 is 5.32 Å². The number of aryl methyl sites for hydroxylation is 1. The number of nitrogens with zero attached hydrogens (tertiary/aromatic N) is 3. The first kappa shape index (κ1) is 22.2. The highest BCUT2D eigenvalue weighted by molar-refractivity contribution is 6.33. The summed E-state index contributed by atoms with van der Waals surface area (Å²) in [4.78, 5) is 33.3. The van der Waals surface area contributed by atoms with Gasteiger partial charge in [-0.05, 0) is 36.8 Å². The first-order chi connectivity index (χ1) is 15.2. The Labute approximate surface area is 185 Å². The smallest absolute Gasteiger partial charge is 0.293 e. The van der Waals surface area contributed by atoms with E-state index in [-0.39, 0.29) is 39.2 Å². The van der Waals surface area contributed by atoms with Crippen molar-refractivity contribution >= 4 is 40.6 Å². The SMILES string of the molecule is Cc1ccc(NC(=O)/C(C#N)=C/c2ccc(-c3ccc([N+](=O)[O-])cc3Cl)o2)c([N+](=O)[O-])c1. The average Bonchev–Trinajstić information content (AvgIpc) is 3.21. The molecule has 0 spiro atoms. The number of hydrogen-bond donors (Lipinski definition) is 1. The summed E-state index contributed by atoms with van der Waals surface area (Å²) < 4.78 is 5.59. The Bertz CT molecular complexity index is 1320. The van der Waals surface area contributed by atoms with E-state index >= 15 is 0 Å². The Morgan fingerprint density at radius 3 is 2.50 bits per heavy atom. The minimum Gasteiger partial charge on any atom is -0.457 e. The minimum atomic E-state index is -0.856. The van der Waals surface area contributed by atoms with Crippen LogP contribution in [0.5, 0.6) is 0 Å². The zero-order valence-electron chi connectivity index (χ0n) is 16.4. The monoisotopic (exact) mass is 452 g/mol. The Hall–Kier alpha value is -4.49. The fourth-order valence-corrected chi connectivity index (χ4v) is 3.04. The van der Waals surface area contributed by atoms with Gasteiger partial charge in [-0.25, -0.2) is 0 Å². The van der Waals surface area contributed by atoms with Crippen LogP contribution in [-0.4, -0.2) is 15.8 Å². The number of furan rings is 1. The van der Waals surface area contributed by atoms with Crippen molar-refractivity contribution in [1.82, 2.24) is 0 Å². The van der Waals surface area contributed by atoms with Gasteiger partial charge in [0, 0.05) is 29.8 Å². The lowest BCUT2D eigenvalue weighted by Gasteiger charge is -2.06. The molecule has 0 fully saturated rings. The van der Waals surface area contributed by atoms with Gasteiger partial charge < -0.3 is 9.73 Å². The van der Waals surface area contributed by atoms with Gasteiger partial charge >= 0.3 is 0 Å². The molecule has 0 aliphatic heterocycles. The molecule has 1 N–H and O–H groups in total. The first-order valence-corrected chi connectivity index (χ1v) is 9.29. The molecule has 0 saturated carbocycles. The highest BCUT2D eigenvalue weighted by atomic mass is 35.5. The zero-order chi connectivity index (χ0) is 23.4. The number of halogens is 1. The van der Waals surface area contributed by atoms with E-state index in [1.807, 2.05) is 0 Å². The van der Waals surface area contributed by atoms with Crippen molar-refractivity contribution in [2.45, 2.75) is 6.92 Å². The lowest BCUT2D eigenvalue weighted by molar-refractivity contribution is -0.384. The quantitative estimate of drug-likeness (QED) is 0.231. The number of anilines is 1. The molecule has 1 amide bonds. The van der Waals surface area contributed by atoms with E-state index in [9.17, 15) is 30.3 Å². The van der Waals surface area contributed by atoms with Crippen LogP contribution in [0.4, 0.5) is 17.1 Å². The Morgan fingerprint density at radius 2 is 1.88 bits per heavy atom. The molecular weight excluding hydrogens is 440 g/mol. The van der Waals surface area contributed by atoms with Crippen molar-refractivity contribution in [3.8, 4) is 17.4 Å². The van der Waals surface area contributed by atoms with Crippen LogP contribution in [0.2, 0.25) is 5.02 Å². The third kappa shape index (κ3) is 4.80. The van der Waals surface area contributed by atoms with E-state index < -0.39 is 15.8 Å². The molecule has 0 saturated heterocycles. The normalized spacial score (nSPS) is 11.0. The lowest BCUT2D eigenvalue weighted by atomic mass is 10.1. The fourth-order valence-electron chi connectivity index (χ4n) is 2.77. The average molecular weight is 453 g/mol. The van der Waals surface area contributed by atoms with Crippen molar-refractivity contribution < 1.29 is 19.1 Å².